The van der Waals surface area contributed by atoms with Gasteiger partial charge in [-0.3, -0.25) is 9.89 Å². The fourth-order valence-corrected chi connectivity index (χ4v) is 3.88. The normalized spacial score (nSPS) is 24.2. The third-order valence-corrected chi connectivity index (χ3v) is 5.75. The minimum Gasteiger partial charge on any atom is -0.357 e. The Bertz CT molecular complexity index is 479. The molecule has 2 fully saturated rings. The SMILES string of the molecule is CCNC(=NCC1CCCN(C(C)C)C1)N1CCN(C(C)C(F)(F)F)CC1.I. The average molecular weight is 519 g/mol. The largest absolute Gasteiger partial charge is 0.403 e. The van der Waals surface area contributed by atoms with Gasteiger partial charge in [0.2, 0.25) is 0 Å². The molecule has 166 valence electrons. The number of nitrogens with one attached hydrogen (secondary N) is 1. The second-order valence-electron chi connectivity index (χ2n) is 8.03. The average Bonchev–Trinajstić information content (AvgIpc) is 2.64. The summed E-state index contributed by atoms with van der Waals surface area (Å²) in [6, 6.07) is -0.822. The van der Waals surface area contributed by atoms with Crippen molar-refractivity contribution in [2.75, 3.05) is 52.4 Å². The zero-order valence-corrected chi connectivity index (χ0v) is 20.0. The number of rotatable bonds is 5. The predicted octanol–water partition coefficient (Wildman–Crippen LogP) is 3.26. The number of halogens is 4. The molecule has 0 aromatic carbocycles. The van der Waals surface area contributed by atoms with E-state index in [1.165, 1.54) is 24.7 Å². The molecule has 2 saturated heterocycles. The summed E-state index contributed by atoms with van der Waals surface area (Å²) in [6.07, 6.45) is -1.75. The van der Waals surface area contributed by atoms with Gasteiger partial charge in [-0.2, -0.15) is 13.2 Å². The molecule has 9 heteroatoms. The van der Waals surface area contributed by atoms with Gasteiger partial charge in [0.1, 0.15) is 6.04 Å². The second-order valence-corrected chi connectivity index (χ2v) is 8.03. The number of hydrogen-bond donors (Lipinski definition) is 1. The van der Waals surface area contributed by atoms with E-state index in [1.807, 2.05) is 6.92 Å². The summed E-state index contributed by atoms with van der Waals surface area (Å²) >= 11 is 0. The number of piperazine rings is 1. The van der Waals surface area contributed by atoms with Gasteiger partial charge in [0, 0.05) is 51.9 Å². The maximum atomic E-state index is 12.9. The van der Waals surface area contributed by atoms with Crippen molar-refractivity contribution in [3.63, 3.8) is 0 Å². The zero-order chi connectivity index (χ0) is 20.0. The molecule has 2 rings (SSSR count). The molecule has 0 aromatic rings. The molecule has 0 spiro atoms. The molecule has 28 heavy (non-hydrogen) atoms. The molecular weight excluding hydrogens is 482 g/mol. The number of likely N-dealkylation sites (tertiary alicyclic amines) is 1. The summed E-state index contributed by atoms with van der Waals surface area (Å²) in [5, 5.41) is 3.32. The van der Waals surface area contributed by atoms with Crippen LogP contribution in [-0.2, 0) is 0 Å². The molecule has 0 radical (unpaired) electrons. The molecule has 0 saturated carbocycles. The predicted molar refractivity (Wildman–Crippen MR) is 119 cm³/mol. The van der Waals surface area contributed by atoms with Crippen LogP contribution in [0.1, 0.15) is 40.5 Å². The first-order valence-electron chi connectivity index (χ1n) is 10.3. The van der Waals surface area contributed by atoms with Crippen molar-refractivity contribution in [3.8, 4) is 0 Å². The first-order chi connectivity index (χ1) is 12.7. The molecule has 0 bridgehead atoms. The lowest BCUT2D eigenvalue weighted by molar-refractivity contribution is -0.181. The summed E-state index contributed by atoms with van der Waals surface area (Å²) in [6.45, 7) is 13.5. The van der Waals surface area contributed by atoms with E-state index in [9.17, 15) is 13.2 Å². The van der Waals surface area contributed by atoms with Crippen LogP contribution in [0.2, 0.25) is 0 Å². The van der Waals surface area contributed by atoms with Crippen molar-refractivity contribution in [3.05, 3.63) is 0 Å². The lowest BCUT2D eigenvalue weighted by Gasteiger charge is -2.40. The molecule has 1 N–H and O–H groups in total. The number of hydrogen-bond acceptors (Lipinski definition) is 3. The summed E-state index contributed by atoms with van der Waals surface area (Å²) in [5.41, 5.74) is 0. The fourth-order valence-electron chi connectivity index (χ4n) is 3.88. The molecule has 0 aromatic heterocycles. The van der Waals surface area contributed by atoms with Gasteiger partial charge in [-0.05, 0) is 53.0 Å². The molecule has 2 heterocycles. The summed E-state index contributed by atoms with van der Waals surface area (Å²) in [5.74, 6) is 1.40. The van der Waals surface area contributed by atoms with Gasteiger partial charge in [-0.1, -0.05) is 0 Å². The van der Waals surface area contributed by atoms with E-state index in [-0.39, 0.29) is 24.0 Å². The van der Waals surface area contributed by atoms with Crippen molar-refractivity contribution in [1.29, 1.82) is 0 Å². The van der Waals surface area contributed by atoms with Crippen molar-refractivity contribution in [2.24, 2.45) is 10.9 Å². The lowest BCUT2D eigenvalue weighted by atomic mass is 9.97. The number of nitrogens with zero attached hydrogens (tertiary/aromatic N) is 4. The highest BCUT2D eigenvalue weighted by atomic mass is 127. The van der Waals surface area contributed by atoms with E-state index < -0.39 is 12.2 Å². The highest BCUT2D eigenvalue weighted by molar-refractivity contribution is 14.0. The number of piperidine rings is 1. The summed E-state index contributed by atoms with van der Waals surface area (Å²) < 4.78 is 38.8. The molecule has 0 amide bonds. The second kappa shape index (κ2) is 11.8. The standard InChI is InChI=1S/C19H36F3N5.HI/c1-5-23-18(24-13-17-7-6-8-27(14-17)15(2)3)26-11-9-25(10-12-26)16(4)19(20,21)22;/h15-17H,5-14H2,1-4H3,(H,23,24);1H. The molecule has 2 unspecified atom stereocenters. The Morgan fingerprint density at radius 3 is 2.25 bits per heavy atom. The maximum absolute atomic E-state index is 12.9. The van der Waals surface area contributed by atoms with Crippen molar-refractivity contribution < 1.29 is 13.2 Å². The van der Waals surface area contributed by atoms with Crippen LogP contribution >= 0.6 is 24.0 Å². The Labute approximate surface area is 185 Å². The lowest BCUT2D eigenvalue weighted by Crippen LogP contribution is -2.56. The minimum atomic E-state index is -4.16. The van der Waals surface area contributed by atoms with Crippen LogP contribution in [0, 0.1) is 5.92 Å². The van der Waals surface area contributed by atoms with E-state index in [0.29, 0.717) is 38.1 Å². The van der Waals surface area contributed by atoms with E-state index in [1.54, 1.807) is 0 Å². The van der Waals surface area contributed by atoms with Crippen molar-refractivity contribution in [1.82, 2.24) is 20.0 Å². The quantitative estimate of drug-likeness (QED) is 0.344. The van der Waals surface area contributed by atoms with Crippen molar-refractivity contribution in [2.45, 2.75) is 58.8 Å². The Kier molecular flexibility index (Phi) is 10.8. The fraction of sp³-hybridized carbons (Fsp3) is 0.947. The molecule has 0 aliphatic carbocycles. The first-order valence-corrected chi connectivity index (χ1v) is 10.3. The third-order valence-electron chi connectivity index (χ3n) is 5.75. The van der Waals surface area contributed by atoms with Crippen LogP contribution in [0.5, 0.6) is 0 Å². The topological polar surface area (TPSA) is 34.1 Å². The van der Waals surface area contributed by atoms with Gasteiger partial charge in [-0.25, -0.2) is 0 Å². The monoisotopic (exact) mass is 519 g/mol. The van der Waals surface area contributed by atoms with Gasteiger partial charge < -0.3 is 15.1 Å². The summed E-state index contributed by atoms with van der Waals surface area (Å²) in [4.78, 5) is 11.0. The highest BCUT2D eigenvalue weighted by Crippen LogP contribution is 2.25. The van der Waals surface area contributed by atoms with Crippen LogP contribution in [-0.4, -0.2) is 91.3 Å². The van der Waals surface area contributed by atoms with Gasteiger partial charge >= 0.3 is 6.18 Å². The summed E-state index contributed by atoms with van der Waals surface area (Å²) in [7, 11) is 0. The van der Waals surface area contributed by atoms with Crippen molar-refractivity contribution >= 4 is 29.9 Å². The third kappa shape index (κ3) is 7.51. The van der Waals surface area contributed by atoms with E-state index in [4.69, 9.17) is 4.99 Å². The Hall–Kier alpha value is -0.290. The first kappa shape index (κ1) is 25.7. The molecule has 2 atom stereocenters. The number of alkyl halides is 3. The van der Waals surface area contributed by atoms with Gasteiger partial charge in [0.25, 0.3) is 0 Å². The Morgan fingerprint density at radius 2 is 1.71 bits per heavy atom. The van der Waals surface area contributed by atoms with Gasteiger partial charge in [-0.15, -0.1) is 24.0 Å². The maximum Gasteiger partial charge on any atom is 0.403 e. The van der Waals surface area contributed by atoms with Crippen LogP contribution in [0.15, 0.2) is 4.99 Å². The molecule has 5 nitrogen and oxygen atoms in total. The highest BCUT2D eigenvalue weighted by Gasteiger charge is 2.41. The van der Waals surface area contributed by atoms with E-state index >= 15 is 0 Å². The minimum absolute atomic E-state index is 0. The van der Waals surface area contributed by atoms with E-state index in [0.717, 1.165) is 32.1 Å². The van der Waals surface area contributed by atoms with E-state index in [2.05, 4.69) is 29.0 Å². The Balaban J connectivity index is 0.00000392. The van der Waals surface area contributed by atoms with Crippen LogP contribution in [0.25, 0.3) is 0 Å². The zero-order valence-electron chi connectivity index (χ0n) is 17.6. The number of aliphatic imine (C=N–C) groups is 1. The van der Waals surface area contributed by atoms with Crippen LogP contribution < -0.4 is 5.32 Å². The smallest absolute Gasteiger partial charge is 0.357 e. The molecular formula is C19H37F3IN5. The Morgan fingerprint density at radius 1 is 1.07 bits per heavy atom. The van der Waals surface area contributed by atoms with Crippen LogP contribution in [0.4, 0.5) is 13.2 Å². The molecule has 2 aliphatic rings. The molecule has 2 aliphatic heterocycles. The van der Waals surface area contributed by atoms with Crippen LogP contribution in [0.3, 0.4) is 0 Å². The number of guanidine groups is 1. The van der Waals surface area contributed by atoms with Gasteiger partial charge in [0.15, 0.2) is 5.96 Å². The van der Waals surface area contributed by atoms with Gasteiger partial charge in [0.05, 0.1) is 0 Å².